The van der Waals surface area contributed by atoms with Gasteiger partial charge in [0, 0.05) is 19.4 Å². The van der Waals surface area contributed by atoms with Gasteiger partial charge in [-0.1, -0.05) is 6.92 Å². The molecule has 0 fully saturated rings. The zero-order valence-corrected chi connectivity index (χ0v) is 12.1. The zero-order valence-electron chi connectivity index (χ0n) is 11.2. The first-order valence-electron chi connectivity index (χ1n) is 6.11. The smallest absolute Gasteiger partial charge is 0.450 e. The van der Waals surface area contributed by atoms with E-state index in [9.17, 15) is 19.0 Å². The van der Waals surface area contributed by atoms with E-state index in [-0.39, 0.29) is 38.7 Å². The third kappa shape index (κ3) is 11.9. The molecule has 0 aromatic rings. The molecule has 10 heteroatoms. The van der Waals surface area contributed by atoms with Gasteiger partial charge in [0.1, 0.15) is 0 Å². The highest BCUT2D eigenvalue weighted by Crippen LogP contribution is 2.42. The van der Waals surface area contributed by atoms with Crippen molar-refractivity contribution in [3.05, 3.63) is 0 Å². The van der Waals surface area contributed by atoms with Crippen LogP contribution in [0.15, 0.2) is 0 Å². The summed E-state index contributed by atoms with van der Waals surface area (Å²) in [7, 11) is -4.19. The number of carboxylic acid groups (broad SMARTS) is 1. The van der Waals surface area contributed by atoms with E-state index in [1.54, 1.807) is 0 Å². The Morgan fingerprint density at radius 1 is 1.20 bits per heavy atom. The number of carbonyl (C=O) groups excluding carboxylic acids is 1. The predicted octanol–water partition coefficient (Wildman–Crippen LogP) is 1.12. The highest BCUT2D eigenvalue weighted by Gasteiger charge is 2.20. The number of nitrogens with one attached hydrogen (secondary N) is 1. The van der Waals surface area contributed by atoms with Crippen molar-refractivity contribution in [3.63, 3.8) is 0 Å². The first-order valence-corrected chi connectivity index (χ1v) is 7.61. The lowest BCUT2D eigenvalue weighted by Crippen LogP contribution is -2.26. The van der Waals surface area contributed by atoms with E-state index in [1.807, 2.05) is 6.92 Å². The fourth-order valence-corrected chi connectivity index (χ4v) is 1.86. The Morgan fingerprint density at radius 3 is 2.45 bits per heavy atom. The summed E-state index contributed by atoms with van der Waals surface area (Å²) in [5, 5.41) is 10.7. The average Bonchev–Trinajstić information content (AvgIpc) is 2.34. The Hall–Kier alpha value is -1.15. The van der Waals surface area contributed by atoms with E-state index < -0.39 is 14.0 Å². The molecule has 1 amide bonds. The van der Waals surface area contributed by atoms with Gasteiger partial charge in [0.05, 0.1) is 19.8 Å². The number of phosphoric acid groups is 1. The highest BCUT2D eigenvalue weighted by atomic mass is 31.2. The second-order valence-corrected chi connectivity index (χ2v) is 5.16. The lowest BCUT2D eigenvalue weighted by atomic mass is 10.3. The Bertz CT molecular complexity index is 348. The molecule has 0 aromatic heterocycles. The van der Waals surface area contributed by atoms with Crippen LogP contribution in [-0.4, -0.2) is 48.4 Å². The largest absolute Gasteiger partial charge is 0.505 e. The van der Waals surface area contributed by atoms with Gasteiger partial charge in [0.25, 0.3) is 0 Å². The molecule has 0 radical (unpaired) electrons. The van der Waals surface area contributed by atoms with Gasteiger partial charge in [-0.25, -0.2) is 9.36 Å². The second-order valence-electron chi connectivity index (χ2n) is 3.70. The Labute approximate surface area is 116 Å². The van der Waals surface area contributed by atoms with Crippen LogP contribution >= 0.6 is 7.82 Å². The molecule has 1 unspecified atom stereocenters. The Kier molecular flexibility index (Phi) is 10.0. The molecule has 20 heavy (non-hydrogen) atoms. The molecule has 118 valence electrons. The molecular formula is C10H20NO8P. The third-order valence-corrected chi connectivity index (χ3v) is 2.94. The summed E-state index contributed by atoms with van der Waals surface area (Å²) in [5.74, 6) is -0.157. The van der Waals surface area contributed by atoms with Gasteiger partial charge in [-0.15, -0.1) is 0 Å². The standard InChI is InChI=1S/C10H20NO8P/c1-2-4-9(12)11-5-8-19-20(15,16)18-7-3-6-17-10(13)14/h2-8H2,1H3,(H,11,12)(H,13,14)(H,15,16). The van der Waals surface area contributed by atoms with Crippen LogP contribution in [0, 0.1) is 0 Å². The number of rotatable bonds is 11. The van der Waals surface area contributed by atoms with Crippen LogP contribution in [0.25, 0.3) is 0 Å². The van der Waals surface area contributed by atoms with E-state index in [4.69, 9.17) is 5.11 Å². The van der Waals surface area contributed by atoms with Crippen molar-refractivity contribution in [2.24, 2.45) is 0 Å². The van der Waals surface area contributed by atoms with E-state index in [0.29, 0.717) is 12.8 Å². The number of carbonyl (C=O) groups is 2. The van der Waals surface area contributed by atoms with E-state index in [2.05, 4.69) is 19.1 Å². The molecular weight excluding hydrogens is 293 g/mol. The van der Waals surface area contributed by atoms with E-state index in [1.165, 1.54) is 0 Å². The summed E-state index contributed by atoms with van der Waals surface area (Å²) in [5.41, 5.74) is 0. The third-order valence-electron chi connectivity index (χ3n) is 1.92. The minimum atomic E-state index is -4.19. The number of hydrogen-bond acceptors (Lipinski definition) is 6. The monoisotopic (exact) mass is 313 g/mol. The number of hydrogen-bond donors (Lipinski definition) is 3. The fourth-order valence-electron chi connectivity index (χ4n) is 1.10. The van der Waals surface area contributed by atoms with Crippen molar-refractivity contribution in [1.29, 1.82) is 0 Å². The molecule has 0 aliphatic heterocycles. The first-order chi connectivity index (χ1) is 9.37. The maximum atomic E-state index is 11.3. The SMILES string of the molecule is CCCC(=O)NCCOP(=O)(O)OCCCOC(=O)O. The van der Waals surface area contributed by atoms with Gasteiger partial charge >= 0.3 is 14.0 Å². The highest BCUT2D eigenvalue weighted by molar-refractivity contribution is 7.47. The quantitative estimate of drug-likeness (QED) is 0.294. The van der Waals surface area contributed by atoms with Crippen LogP contribution in [0.5, 0.6) is 0 Å². The summed E-state index contributed by atoms with van der Waals surface area (Å²) in [6.45, 7) is 1.50. The van der Waals surface area contributed by atoms with Crippen molar-refractivity contribution < 1.29 is 37.9 Å². The minimum absolute atomic E-state index is 0.106. The van der Waals surface area contributed by atoms with Gasteiger partial charge in [0.15, 0.2) is 0 Å². The van der Waals surface area contributed by atoms with Crippen molar-refractivity contribution in [1.82, 2.24) is 5.32 Å². The predicted molar refractivity (Wildman–Crippen MR) is 68.2 cm³/mol. The van der Waals surface area contributed by atoms with Gasteiger partial charge in [-0.3, -0.25) is 13.8 Å². The first kappa shape index (κ1) is 18.9. The minimum Gasteiger partial charge on any atom is -0.450 e. The maximum absolute atomic E-state index is 11.3. The van der Waals surface area contributed by atoms with Crippen LogP contribution in [0.1, 0.15) is 26.2 Å². The fraction of sp³-hybridized carbons (Fsp3) is 0.800. The van der Waals surface area contributed by atoms with Gasteiger partial charge < -0.3 is 20.1 Å². The molecule has 0 spiro atoms. The van der Waals surface area contributed by atoms with Gasteiger partial charge in [-0.05, 0) is 6.42 Å². The molecule has 9 nitrogen and oxygen atoms in total. The maximum Gasteiger partial charge on any atom is 0.505 e. The molecule has 0 saturated carbocycles. The number of ether oxygens (including phenoxy) is 1. The molecule has 0 aliphatic carbocycles. The molecule has 0 saturated heterocycles. The molecule has 3 N–H and O–H groups in total. The molecule has 1 atom stereocenters. The van der Waals surface area contributed by atoms with Crippen LogP contribution in [0.2, 0.25) is 0 Å². The normalized spacial score (nSPS) is 13.5. The molecule has 0 bridgehead atoms. The van der Waals surface area contributed by atoms with Crippen LogP contribution in [-0.2, 0) is 23.1 Å². The summed E-state index contributed by atoms with van der Waals surface area (Å²) >= 11 is 0. The molecule has 0 heterocycles. The Balaban J connectivity index is 3.61. The van der Waals surface area contributed by atoms with Gasteiger partial charge in [-0.2, -0.15) is 0 Å². The molecule has 0 aliphatic rings. The van der Waals surface area contributed by atoms with Crippen LogP contribution in [0.3, 0.4) is 0 Å². The van der Waals surface area contributed by atoms with Gasteiger partial charge in [0.2, 0.25) is 5.91 Å². The van der Waals surface area contributed by atoms with Crippen molar-refractivity contribution in [2.75, 3.05) is 26.4 Å². The van der Waals surface area contributed by atoms with E-state index in [0.717, 1.165) is 0 Å². The zero-order chi connectivity index (χ0) is 15.4. The lowest BCUT2D eigenvalue weighted by Gasteiger charge is -2.12. The topological polar surface area (TPSA) is 131 Å². The summed E-state index contributed by atoms with van der Waals surface area (Å²) in [6.07, 6.45) is -0.187. The van der Waals surface area contributed by atoms with E-state index >= 15 is 0 Å². The van der Waals surface area contributed by atoms with Crippen molar-refractivity contribution in [2.45, 2.75) is 26.2 Å². The number of amides is 1. The van der Waals surface area contributed by atoms with Crippen molar-refractivity contribution in [3.8, 4) is 0 Å². The van der Waals surface area contributed by atoms with Crippen LogP contribution in [0.4, 0.5) is 4.79 Å². The van der Waals surface area contributed by atoms with Crippen molar-refractivity contribution >= 4 is 19.9 Å². The summed E-state index contributed by atoms with van der Waals surface area (Å²) in [4.78, 5) is 30.3. The average molecular weight is 313 g/mol. The molecule has 0 rings (SSSR count). The number of phosphoric ester groups is 1. The second kappa shape index (κ2) is 10.6. The Morgan fingerprint density at radius 2 is 1.85 bits per heavy atom. The summed E-state index contributed by atoms with van der Waals surface area (Å²) < 4.78 is 24.7. The van der Waals surface area contributed by atoms with Crippen LogP contribution < -0.4 is 5.32 Å². The summed E-state index contributed by atoms with van der Waals surface area (Å²) in [6, 6.07) is 0. The lowest BCUT2D eigenvalue weighted by molar-refractivity contribution is -0.121. The molecule has 0 aromatic carbocycles.